The van der Waals surface area contributed by atoms with E-state index in [1.807, 2.05) is 18.3 Å². The highest BCUT2D eigenvalue weighted by atomic mass is 32.1. The molecule has 1 saturated heterocycles. The Hall–Kier alpha value is -1.97. The van der Waals surface area contributed by atoms with Crippen LogP contribution in [0, 0.1) is 0 Å². The molecule has 9 heteroatoms. The highest BCUT2D eigenvalue weighted by Crippen LogP contribution is 2.24. The number of amides is 1. The van der Waals surface area contributed by atoms with Gasteiger partial charge < -0.3 is 19.9 Å². The van der Waals surface area contributed by atoms with Gasteiger partial charge in [0.05, 0.1) is 27.8 Å². The van der Waals surface area contributed by atoms with Crippen LogP contribution in [0.2, 0.25) is 0 Å². The average Bonchev–Trinajstić information content (AvgIpc) is 3.28. The molecule has 1 amide bonds. The summed E-state index contributed by atoms with van der Waals surface area (Å²) < 4.78 is 6.82. The van der Waals surface area contributed by atoms with Crippen LogP contribution >= 0.6 is 22.7 Å². The van der Waals surface area contributed by atoms with Crippen LogP contribution in [0.5, 0.6) is 0 Å². The topological polar surface area (TPSA) is 83.1 Å². The van der Waals surface area contributed by atoms with E-state index >= 15 is 0 Å². The van der Waals surface area contributed by atoms with E-state index in [0.717, 1.165) is 21.9 Å². The predicted molar refractivity (Wildman–Crippen MR) is 90.4 cm³/mol. The van der Waals surface area contributed by atoms with Crippen LogP contribution in [0.4, 0.5) is 5.13 Å². The van der Waals surface area contributed by atoms with E-state index in [-0.39, 0.29) is 12.0 Å². The normalized spacial score (nSPS) is 18.4. The molecule has 1 aliphatic heterocycles. The van der Waals surface area contributed by atoms with Crippen LogP contribution in [-0.4, -0.2) is 53.4 Å². The summed E-state index contributed by atoms with van der Waals surface area (Å²) in [5, 5.41) is 11.8. The molecule has 0 spiro atoms. The minimum atomic E-state index is -0.0590. The third kappa shape index (κ3) is 3.07. The standard InChI is InChI=1S/C14H15N5O2S2/c20-13(12-5-10-11(23-12)1-2-15-10)16-6-9-7-19(3-4-21-9)14-18-17-8-22-14/h1-2,5,8-9,15H,3-4,6-7H2,(H,16,20). The zero-order valence-electron chi connectivity index (χ0n) is 12.2. The Morgan fingerprint density at radius 3 is 3.35 bits per heavy atom. The zero-order valence-corrected chi connectivity index (χ0v) is 13.8. The molecule has 7 nitrogen and oxygen atoms in total. The molecule has 3 aromatic rings. The second-order valence-corrected chi connectivity index (χ2v) is 7.13. The van der Waals surface area contributed by atoms with E-state index < -0.39 is 0 Å². The SMILES string of the molecule is O=C(NCC1CN(c2nncs2)CCO1)c1cc2[nH]ccc2s1. The Bertz CT molecular complexity index is 769. The molecular formula is C14H15N5O2S2. The number of nitrogens with one attached hydrogen (secondary N) is 2. The fourth-order valence-electron chi connectivity index (χ4n) is 2.58. The first-order valence-electron chi connectivity index (χ1n) is 7.27. The number of hydrogen-bond donors (Lipinski definition) is 2. The van der Waals surface area contributed by atoms with E-state index in [9.17, 15) is 4.79 Å². The first-order chi connectivity index (χ1) is 11.3. The van der Waals surface area contributed by atoms with Crippen molar-refractivity contribution in [1.82, 2.24) is 20.5 Å². The van der Waals surface area contributed by atoms with Crippen molar-refractivity contribution >= 4 is 43.9 Å². The van der Waals surface area contributed by atoms with E-state index in [1.165, 1.54) is 22.7 Å². The maximum atomic E-state index is 12.3. The molecule has 120 valence electrons. The maximum Gasteiger partial charge on any atom is 0.261 e. The maximum absolute atomic E-state index is 12.3. The number of thiophene rings is 1. The Labute approximate surface area is 140 Å². The summed E-state index contributed by atoms with van der Waals surface area (Å²) in [5.41, 5.74) is 2.72. The number of rotatable bonds is 4. The fraction of sp³-hybridized carbons (Fsp3) is 0.357. The van der Waals surface area contributed by atoms with Gasteiger partial charge in [-0.1, -0.05) is 11.3 Å². The molecule has 1 fully saturated rings. The summed E-state index contributed by atoms with van der Waals surface area (Å²) in [7, 11) is 0. The lowest BCUT2D eigenvalue weighted by Crippen LogP contribution is -2.47. The number of anilines is 1. The number of aromatic nitrogens is 3. The molecule has 23 heavy (non-hydrogen) atoms. The van der Waals surface area contributed by atoms with Crippen molar-refractivity contribution in [1.29, 1.82) is 0 Å². The lowest BCUT2D eigenvalue weighted by Gasteiger charge is -2.32. The molecule has 0 aliphatic carbocycles. The molecule has 0 aromatic carbocycles. The monoisotopic (exact) mass is 349 g/mol. The van der Waals surface area contributed by atoms with Crippen LogP contribution in [0.1, 0.15) is 9.67 Å². The number of H-pyrrole nitrogens is 1. The van der Waals surface area contributed by atoms with Crippen molar-refractivity contribution in [3.05, 3.63) is 28.7 Å². The Balaban J connectivity index is 1.35. The second kappa shape index (κ2) is 6.26. The summed E-state index contributed by atoms with van der Waals surface area (Å²) in [4.78, 5) is 18.2. The number of fused-ring (bicyclic) bond motifs is 1. The van der Waals surface area contributed by atoms with Gasteiger partial charge in [0.1, 0.15) is 5.51 Å². The van der Waals surface area contributed by atoms with Crippen molar-refractivity contribution in [3.63, 3.8) is 0 Å². The van der Waals surface area contributed by atoms with Gasteiger partial charge in [-0.2, -0.15) is 0 Å². The summed E-state index contributed by atoms with van der Waals surface area (Å²) in [6, 6.07) is 3.85. The summed E-state index contributed by atoms with van der Waals surface area (Å²) in [5.74, 6) is -0.0590. The molecule has 1 aliphatic rings. The van der Waals surface area contributed by atoms with Gasteiger partial charge in [0, 0.05) is 25.8 Å². The van der Waals surface area contributed by atoms with Crippen molar-refractivity contribution in [2.75, 3.05) is 31.1 Å². The molecule has 1 unspecified atom stereocenters. The van der Waals surface area contributed by atoms with Gasteiger partial charge in [-0.05, 0) is 12.1 Å². The Kier molecular flexibility index (Phi) is 3.98. The van der Waals surface area contributed by atoms with Gasteiger partial charge >= 0.3 is 0 Å². The van der Waals surface area contributed by atoms with Crippen molar-refractivity contribution in [3.8, 4) is 0 Å². The molecule has 0 saturated carbocycles. The molecule has 4 heterocycles. The quantitative estimate of drug-likeness (QED) is 0.749. The largest absolute Gasteiger partial charge is 0.373 e. The molecule has 2 N–H and O–H groups in total. The number of morpholine rings is 1. The van der Waals surface area contributed by atoms with Crippen LogP contribution in [0.3, 0.4) is 0 Å². The van der Waals surface area contributed by atoms with Crippen LogP contribution < -0.4 is 10.2 Å². The Morgan fingerprint density at radius 2 is 2.52 bits per heavy atom. The first-order valence-corrected chi connectivity index (χ1v) is 8.97. The van der Waals surface area contributed by atoms with Crippen molar-refractivity contribution < 1.29 is 9.53 Å². The van der Waals surface area contributed by atoms with Crippen LogP contribution in [-0.2, 0) is 4.74 Å². The van der Waals surface area contributed by atoms with Crippen LogP contribution in [0.15, 0.2) is 23.8 Å². The number of ether oxygens (including phenoxy) is 1. The molecule has 3 aromatic heterocycles. The summed E-state index contributed by atoms with van der Waals surface area (Å²) in [6.45, 7) is 2.62. The van der Waals surface area contributed by atoms with Crippen molar-refractivity contribution in [2.24, 2.45) is 0 Å². The van der Waals surface area contributed by atoms with Gasteiger partial charge in [0.15, 0.2) is 0 Å². The van der Waals surface area contributed by atoms with Gasteiger partial charge in [0.25, 0.3) is 5.91 Å². The molecule has 1 atom stereocenters. The highest BCUT2D eigenvalue weighted by Gasteiger charge is 2.23. The van der Waals surface area contributed by atoms with Crippen molar-refractivity contribution in [2.45, 2.75) is 6.10 Å². The smallest absolute Gasteiger partial charge is 0.261 e. The minimum absolute atomic E-state index is 0.0403. The molecule has 0 bridgehead atoms. The summed E-state index contributed by atoms with van der Waals surface area (Å²) in [6.07, 6.45) is 1.84. The zero-order chi connectivity index (χ0) is 15.6. The minimum Gasteiger partial charge on any atom is -0.373 e. The van der Waals surface area contributed by atoms with Gasteiger partial charge in [0.2, 0.25) is 5.13 Å². The third-order valence-electron chi connectivity index (χ3n) is 3.71. The van der Waals surface area contributed by atoms with Crippen LogP contribution in [0.25, 0.3) is 10.2 Å². The fourth-order valence-corrected chi connectivity index (χ4v) is 4.12. The predicted octanol–water partition coefficient (Wildman–Crippen LogP) is 1.72. The van der Waals surface area contributed by atoms with E-state index in [2.05, 4.69) is 25.4 Å². The first kappa shape index (κ1) is 14.6. The molecule has 4 rings (SSSR count). The number of nitrogens with zero attached hydrogens (tertiary/aromatic N) is 3. The summed E-state index contributed by atoms with van der Waals surface area (Å²) >= 11 is 3.00. The van der Waals surface area contributed by atoms with E-state index in [0.29, 0.717) is 24.6 Å². The molecular weight excluding hydrogens is 334 g/mol. The lowest BCUT2D eigenvalue weighted by molar-refractivity contribution is 0.0397. The average molecular weight is 349 g/mol. The highest BCUT2D eigenvalue weighted by molar-refractivity contribution is 7.20. The second-order valence-electron chi connectivity index (χ2n) is 5.24. The Morgan fingerprint density at radius 1 is 1.57 bits per heavy atom. The number of hydrogen-bond acceptors (Lipinski definition) is 7. The van der Waals surface area contributed by atoms with Gasteiger partial charge in [-0.15, -0.1) is 21.5 Å². The van der Waals surface area contributed by atoms with Gasteiger partial charge in [-0.3, -0.25) is 4.79 Å². The van der Waals surface area contributed by atoms with E-state index in [1.54, 1.807) is 5.51 Å². The third-order valence-corrected chi connectivity index (χ3v) is 5.56. The number of carbonyl (C=O) groups is 1. The van der Waals surface area contributed by atoms with Gasteiger partial charge in [-0.25, -0.2) is 0 Å². The number of carbonyl (C=O) groups excluding carboxylic acids is 1. The lowest BCUT2D eigenvalue weighted by atomic mass is 10.2. The molecule has 0 radical (unpaired) electrons. The van der Waals surface area contributed by atoms with E-state index in [4.69, 9.17) is 4.74 Å². The number of aromatic amines is 1.